The highest BCUT2D eigenvalue weighted by Crippen LogP contribution is 2.12. The van der Waals surface area contributed by atoms with Gasteiger partial charge in [0.25, 0.3) is 0 Å². The molecule has 0 atom stereocenters. The molecule has 0 aliphatic heterocycles. The quantitative estimate of drug-likeness (QED) is 0.124. The van der Waals surface area contributed by atoms with E-state index < -0.39 is 11.9 Å². The Morgan fingerprint density at radius 3 is 0.966 bits per heavy atom. The zero-order valence-electron chi connectivity index (χ0n) is 19.5. The molecule has 0 spiro atoms. The van der Waals surface area contributed by atoms with E-state index in [4.69, 9.17) is 0 Å². The Balaban J connectivity index is 0. The van der Waals surface area contributed by atoms with Crippen molar-refractivity contribution in [3.63, 3.8) is 0 Å². The van der Waals surface area contributed by atoms with Gasteiger partial charge in [0.15, 0.2) is 0 Å². The van der Waals surface area contributed by atoms with E-state index in [1.165, 1.54) is 77.0 Å². The predicted molar refractivity (Wildman–Crippen MR) is 121 cm³/mol. The highest BCUT2D eigenvalue weighted by molar-refractivity contribution is 5.72. The minimum atomic E-state index is -0.427. The van der Waals surface area contributed by atoms with Crippen molar-refractivity contribution < 1.29 is 19.4 Å². The minimum absolute atomic E-state index is 0. The molecule has 5 nitrogen and oxygen atoms in total. The predicted octanol–water partition coefficient (Wildman–Crippen LogP) is 7.99. The molecular formula is C24H49NO4. The van der Waals surface area contributed by atoms with Crippen molar-refractivity contribution in [1.82, 2.24) is 6.15 Å². The minimum Gasteiger partial charge on any atom is -0.344 e. The van der Waals surface area contributed by atoms with Crippen LogP contribution in [0.4, 0.5) is 0 Å². The molecule has 29 heavy (non-hydrogen) atoms. The summed E-state index contributed by atoms with van der Waals surface area (Å²) in [6.07, 6.45) is 22.3. The highest BCUT2D eigenvalue weighted by Gasteiger charge is 2.09. The first-order valence-electron chi connectivity index (χ1n) is 12.1. The van der Waals surface area contributed by atoms with Crippen molar-refractivity contribution in [2.75, 3.05) is 0 Å². The fourth-order valence-corrected chi connectivity index (χ4v) is 3.34. The van der Waals surface area contributed by atoms with Crippen molar-refractivity contribution in [3.8, 4) is 0 Å². The topological polar surface area (TPSA) is 87.6 Å². The largest absolute Gasteiger partial charge is 0.355 e. The third-order valence-electron chi connectivity index (χ3n) is 5.20. The van der Waals surface area contributed by atoms with E-state index in [2.05, 4.69) is 23.6 Å². The Kier molecular flexibility index (Phi) is 25.9. The number of unbranched alkanes of at least 4 members (excludes halogenated alkanes) is 16. The van der Waals surface area contributed by atoms with Gasteiger partial charge in [0.1, 0.15) is 0 Å². The summed E-state index contributed by atoms with van der Waals surface area (Å²) in [5.41, 5.74) is 0. The van der Waals surface area contributed by atoms with Crippen molar-refractivity contribution in [2.45, 2.75) is 142 Å². The number of hydrogen-bond donors (Lipinski definition) is 1. The summed E-state index contributed by atoms with van der Waals surface area (Å²) in [7, 11) is 0. The normalized spacial score (nSPS) is 10.4. The van der Waals surface area contributed by atoms with Crippen molar-refractivity contribution in [1.29, 1.82) is 0 Å². The van der Waals surface area contributed by atoms with Gasteiger partial charge in [-0.05, 0) is 12.8 Å². The molecule has 0 radical (unpaired) electrons. The molecule has 0 saturated carbocycles. The van der Waals surface area contributed by atoms with Gasteiger partial charge in [-0.3, -0.25) is 0 Å². The van der Waals surface area contributed by atoms with Crippen LogP contribution in [-0.4, -0.2) is 11.9 Å². The zero-order valence-corrected chi connectivity index (χ0v) is 19.5. The fourth-order valence-electron chi connectivity index (χ4n) is 3.34. The summed E-state index contributed by atoms with van der Waals surface area (Å²) in [5.74, 6) is -0.855. The number of carbonyl (C=O) groups excluding carboxylic acids is 2. The first kappa shape index (κ1) is 30.1. The number of rotatable bonds is 20. The molecule has 0 aromatic heterocycles. The van der Waals surface area contributed by atoms with Crippen LogP contribution in [0.3, 0.4) is 0 Å². The second kappa shape index (κ2) is 24.9. The SMILES string of the molecule is CCCCCCCCCCCC(=O)OOC(=O)CCCCCCCCCCC.N. The van der Waals surface area contributed by atoms with Gasteiger partial charge in [-0.15, -0.1) is 0 Å². The van der Waals surface area contributed by atoms with E-state index in [1.54, 1.807) is 0 Å². The maximum Gasteiger partial charge on any atom is 0.355 e. The Labute approximate surface area is 180 Å². The third kappa shape index (κ3) is 24.9. The standard InChI is InChI=1S/C24H46O4.H3N/c1-3-5-7-9-11-13-15-17-19-21-23(25)27-28-24(26)22-20-18-16-14-12-10-8-6-4-2;/h3-22H2,1-2H3;1H3. The maximum absolute atomic E-state index is 11.6. The van der Waals surface area contributed by atoms with E-state index in [9.17, 15) is 9.59 Å². The molecule has 3 N–H and O–H groups in total. The lowest BCUT2D eigenvalue weighted by Gasteiger charge is -2.04. The molecule has 0 aliphatic carbocycles. The van der Waals surface area contributed by atoms with Gasteiger partial charge < -0.3 is 6.15 Å². The molecule has 174 valence electrons. The molecule has 0 bridgehead atoms. The molecular weight excluding hydrogens is 366 g/mol. The van der Waals surface area contributed by atoms with Crippen LogP contribution in [0.25, 0.3) is 0 Å². The van der Waals surface area contributed by atoms with E-state index in [0.29, 0.717) is 12.8 Å². The van der Waals surface area contributed by atoms with Gasteiger partial charge in [0.05, 0.1) is 12.8 Å². The first-order valence-corrected chi connectivity index (χ1v) is 12.1. The van der Waals surface area contributed by atoms with Crippen LogP contribution in [0.2, 0.25) is 0 Å². The summed E-state index contributed by atoms with van der Waals surface area (Å²) in [6, 6.07) is 0. The van der Waals surface area contributed by atoms with E-state index >= 15 is 0 Å². The van der Waals surface area contributed by atoms with Gasteiger partial charge in [0.2, 0.25) is 0 Å². The van der Waals surface area contributed by atoms with Crippen LogP contribution in [-0.2, 0) is 19.4 Å². The Morgan fingerprint density at radius 1 is 0.448 bits per heavy atom. The summed E-state index contributed by atoms with van der Waals surface area (Å²) in [4.78, 5) is 32.4. The van der Waals surface area contributed by atoms with Crippen molar-refractivity contribution >= 4 is 11.9 Å². The smallest absolute Gasteiger partial charge is 0.344 e. The Hall–Kier alpha value is -1.10. The Morgan fingerprint density at radius 2 is 0.690 bits per heavy atom. The van der Waals surface area contributed by atoms with Crippen LogP contribution < -0.4 is 6.15 Å². The molecule has 0 fully saturated rings. The second-order valence-electron chi connectivity index (χ2n) is 8.07. The van der Waals surface area contributed by atoms with Crippen LogP contribution in [0.15, 0.2) is 0 Å². The van der Waals surface area contributed by atoms with Crippen LogP contribution in [0, 0.1) is 0 Å². The molecule has 0 amide bonds. The molecule has 0 aromatic carbocycles. The van der Waals surface area contributed by atoms with Crippen molar-refractivity contribution in [3.05, 3.63) is 0 Å². The molecule has 0 heterocycles. The maximum atomic E-state index is 11.6. The van der Waals surface area contributed by atoms with Gasteiger partial charge in [-0.1, -0.05) is 117 Å². The third-order valence-corrected chi connectivity index (χ3v) is 5.20. The lowest BCUT2D eigenvalue weighted by Crippen LogP contribution is -2.11. The van der Waals surface area contributed by atoms with Crippen LogP contribution >= 0.6 is 0 Å². The lowest BCUT2D eigenvalue weighted by molar-refractivity contribution is -0.259. The summed E-state index contributed by atoms with van der Waals surface area (Å²) in [5, 5.41) is 0. The fraction of sp³-hybridized carbons (Fsp3) is 0.917. The van der Waals surface area contributed by atoms with Crippen LogP contribution in [0.5, 0.6) is 0 Å². The molecule has 0 saturated heterocycles. The average molecular weight is 416 g/mol. The second-order valence-corrected chi connectivity index (χ2v) is 8.07. The van der Waals surface area contributed by atoms with Crippen LogP contribution in [0.1, 0.15) is 142 Å². The number of carbonyl (C=O) groups is 2. The molecule has 5 heteroatoms. The van der Waals surface area contributed by atoms with Gasteiger partial charge in [-0.25, -0.2) is 19.4 Å². The molecule has 0 aliphatic rings. The van der Waals surface area contributed by atoms with Gasteiger partial charge >= 0.3 is 11.9 Å². The van der Waals surface area contributed by atoms with E-state index in [-0.39, 0.29) is 6.15 Å². The summed E-state index contributed by atoms with van der Waals surface area (Å²) in [6.45, 7) is 4.46. The zero-order chi connectivity index (χ0) is 20.7. The monoisotopic (exact) mass is 415 g/mol. The van der Waals surface area contributed by atoms with Crippen molar-refractivity contribution in [2.24, 2.45) is 0 Å². The van der Waals surface area contributed by atoms with E-state index in [0.717, 1.165) is 38.5 Å². The van der Waals surface area contributed by atoms with Gasteiger partial charge in [-0.2, -0.15) is 0 Å². The lowest BCUT2D eigenvalue weighted by atomic mass is 10.1. The highest BCUT2D eigenvalue weighted by atomic mass is 17.2. The molecule has 0 aromatic rings. The molecule has 0 unspecified atom stereocenters. The van der Waals surface area contributed by atoms with E-state index in [1.807, 2.05) is 0 Å². The summed E-state index contributed by atoms with van der Waals surface area (Å²) < 4.78 is 0. The Bertz CT molecular complexity index is 327. The number of hydrogen-bond acceptors (Lipinski definition) is 5. The molecule has 0 rings (SSSR count). The summed E-state index contributed by atoms with van der Waals surface area (Å²) >= 11 is 0. The first-order chi connectivity index (χ1) is 13.7. The average Bonchev–Trinajstić information content (AvgIpc) is 2.69. The van der Waals surface area contributed by atoms with Gasteiger partial charge in [0, 0.05) is 0 Å².